The summed E-state index contributed by atoms with van der Waals surface area (Å²) in [5.74, 6) is 2.73. The number of aromatic amines is 1. The summed E-state index contributed by atoms with van der Waals surface area (Å²) in [6.07, 6.45) is 20.6. The van der Waals surface area contributed by atoms with Crippen molar-refractivity contribution in [1.82, 2.24) is 69.2 Å². The number of pyridine rings is 3. The summed E-state index contributed by atoms with van der Waals surface area (Å²) in [5, 5.41) is 22.2. The summed E-state index contributed by atoms with van der Waals surface area (Å²) >= 11 is 0. The van der Waals surface area contributed by atoms with Crippen LogP contribution in [0.15, 0.2) is 187 Å². The SMILES string of the molecule is CCC(=O)NC.CN(C(=O)c1ccccc1)c1ccccc1.CN1C(=O)CCC1=O.CN1CCCC1.CN1CCCCC1.CN1CCOCC1.CN1CC[N-]C1=O.CNC(=O)Nc1ccccc1.CNc1ccccn1.C[N-]C1CCCCC1.C[N-]c1ccccn1.Cc1nc2ccccc2n1C.Cn1c(=O)[nH]c2cccnc21.[Ac].[Ac].[Ac]. The van der Waals surface area contributed by atoms with E-state index in [9.17, 15) is 33.6 Å². The van der Waals surface area contributed by atoms with Crippen molar-refractivity contribution in [1.29, 1.82) is 0 Å². The molecule has 4 aromatic carbocycles. The monoisotopic (exact) mass is 2250 g/mol. The van der Waals surface area contributed by atoms with Crippen LogP contribution in [0.1, 0.15) is 107 Å². The van der Waals surface area contributed by atoms with Crippen LogP contribution in [0.5, 0.6) is 0 Å². The van der Waals surface area contributed by atoms with Gasteiger partial charge in [0.2, 0.25) is 17.7 Å². The van der Waals surface area contributed by atoms with Crippen molar-refractivity contribution in [2.24, 2.45) is 14.1 Å². The van der Waals surface area contributed by atoms with Gasteiger partial charge in [-0.05, 0) is 166 Å². The number of likely N-dealkylation sites (tertiary alicyclic amines) is 3. The first-order valence-corrected chi connectivity index (χ1v) is 39.0. The van der Waals surface area contributed by atoms with Crippen molar-refractivity contribution < 1.29 is 166 Å². The zero-order valence-electron chi connectivity index (χ0n) is 71.9. The number of piperidine rings is 1. The Balaban J connectivity index is 0.00000126. The third-order valence-electron chi connectivity index (χ3n) is 18.2. The molecule has 0 spiro atoms. The summed E-state index contributed by atoms with van der Waals surface area (Å²) in [4.78, 5) is 106. The van der Waals surface area contributed by atoms with E-state index >= 15 is 0 Å². The van der Waals surface area contributed by atoms with Crippen LogP contribution in [0.25, 0.3) is 38.1 Å². The van der Waals surface area contributed by atoms with Crippen molar-refractivity contribution in [3.8, 4) is 0 Å². The van der Waals surface area contributed by atoms with Gasteiger partial charge >= 0.3 is 11.7 Å². The number of para-hydroxylation sites is 4. The van der Waals surface area contributed by atoms with Gasteiger partial charge in [-0.15, -0.1) is 6.04 Å². The number of carbonyl (C=O) groups is 6. The number of fused-ring (bicyclic) bond motifs is 2. The van der Waals surface area contributed by atoms with Crippen molar-refractivity contribution in [2.45, 2.75) is 103 Å². The number of ether oxygens (including phenoxy) is 1. The molecule has 9 aromatic rings. The van der Waals surface area contributed by atoms with Crippen LogP contribution in [0, 0.1) is 139 Å². The van der Waals surface area contributed by atoms with Gasteiger partial charge in [-0.25, -0.2) is 24.5 Å². The molecule has 0 atom stereocenters. The van der Waals surface area contributed by atoms with Gasteiger partial charge in [0.1, 0.15) is 11.6 Å². The third-order valence-corrected chi connectivity index (χ3v) is 18.2. The van der Waals surface area contributed by atoms with Gasteiger partial charge in [0, 0.05) is 243 Å². The van der Waals surface area contributed by atoms with Crippen LogP contribution in [-0.2, 0) is 33.2 Å². The number of rotatable bonds is 7. The van der Waals surface area contributed by atoms with Crippen LogP contribution >= 0.6 is 0 Å². The number of likely N-dealkylation sites (N-methyl/N-ethyl adjacent to an activating group) is 2. The van der Waals surface area contributed by atoms with E-state index in [4.69, 9.17) is 4.74 Å². The number of benzene rings is 4. The van der Waals surface area contributed by atoms with Gasteiger partial charge in [0.25, 0.3) is 5.91 Å². The second kappa shape index (κ2) is 68.1. The Kier molecular flexibility index (Phi) is 64.3. The van der Waals surface area contributed by atoms with Gasteiger partial charge in [0.15, 0.2) is 11.7 Å². The molecule has 5 aliphatic heterocycles. The van der Waals surface area contributed by atoms with Crippen LogP contribution < -0.4 is 31.9 Å². The van der Waals surface area contributed by atoms with Gasteiger partial charge in [-0.2, -0.15) is 7.05 Å². The van der Waals surface area contributed by atoms with Crippen LogP contribution in [-0.4, -0.2) is 243 Å². The molecule has 8 amide bonds. The summed E-state index contributed by atoms with van der Waals surface area (Å²) in [6.45, 7) is 14.6. The largest absolute Gasteiger partial charge is 0.662 e. The summed E-state index contributed by atoms with van der Waals surface area (Å²) in [7, 11) is 24.0. The molecule has 6 fully saturated rings. The summed E-state index contributed by atoms with van der Waals surface area (Å²) in [6, 6.07) is 51.8. The number of imide groups is 1. The number of hydrogen-bond donors (Lipinski definition) is 5. The Bertz CT molecular complexity index is 4040. The first-order chi connectivity index (χ1) is 55.0. The first kappa shape index (κ1) is 110. The average Bonchev–Trinajstić information content (AvgIpc) is 1.72. The average molecular weight is 2250 g/mol. The van der Waals surface area contributed by atoms with E-state index in [1.165, 1.54) is 112 Å². The topological polar surface area (TPSA) is 316 Å². The number of H-pyrrole nitrogens is 1. The number of amides is 8. The molecule has 1 saturated carbocycles. The van der Waals surface area contributed by atoms with Gasteiger partial charge in [-0.1, -0.05) is 163 Å². The summed E-state index contributed by atoms with van der Waals surface area (Å²) < 4.78 is 8.67. The number of anilines is 3. The number of aromatic nitrogens is 7. The molecule has 1 aliphatic carbocycles. The van der Waals surface area contributed by atoms with Crippen LogP contribution in [0.4, 0.5) is 32.6 Å². The molecule has 0 bridgehead atoms. The fourth-order valence-corrected chi connectivity index (χ4v) is 10.9. The number of hydrogen-bond acceptors (Lipinski definition) is 16. The number of urea groups is 2. The standard InChI is InChI=1S/C14H13NO.C9H10N2.C8H10N2O.C7H7N3O.C7H14N.C6H8N2.C6H7N2.C6H13N.C5H7NO2.C5H11NO.C5H11N.C4H8N2O.C4H9NO.3Ac/c1-15(13-10-6-3-7-11-13)14(16)12-8-4-2-5-9-12;1-7-10-8-5-3-4-6-9(8)11(7)2;1-9-8(11)10-7-5-3-2-4-6-7;1-10-6-5(9-7(10)11)3-2-4-8-6;1-8-7-5-3-2-4-6-7;2*1-7-6-4-2-3-5-8-6;1-7-5-3-2-4-6-7;1-6-4(7)2-3-5(6)8;1-6-2-4-7-5-3-6;1-6-4-2-3-5-6;1-6-3-2-5-4(6)7;1-3-4(6)5-2;;;/h2-11H,1H3;3-6H,1-2H3;2-6H,1H3,(H2,9,10,11);2-4H,1H3,(H,9,11);7H,2-6H2,1H3;2-5H,1H3,(H,7,8);2-5H,1H3;2-6H2,1H3;2-3H2,1H3;2-5H2,1H3;2-5H2,1H3;2-3H2,1H3,(H,5,7);3H2,1-2H3,(H,5,6);;;/q;;;;-1;;-1;;;;;;;;;/p-1. The molecule has 28 nitrogen and oxygen atoms in total. The predicted octanol–water partition coefficient (Wildman–Crippen LogP) is 13.8. The number of nitrogens with zero attached hydrogens (tertiary/aromatic N) is 15. The Morgan fingerprint density at radius 2 is 1.09 bits per heavy atom. The molecule has 6 aliphatic rings. The van der Waals surface area contributed by atoms with E-state index in [0.29, 0.717) is 43.1 Å². The smallest absolute Gasteiger partial charge is 0.327 e. The molecular formula is C86H127Ac3N20O8-3. The number of carbonyl (C=O) groups excluding carboxylic acids is 6. The molecule has 10 heterocycles. The van der Waals surface area contributed by atoms with E-state index in [0.717, 1.165) is 72.7 Å². The maximum absolute atomic E-state index is 12.1. The maximum atomic E-state index is 12.1. The van der Waals surface area contributed by atoms with E-state index in [-0.39, 0.29) is 174 Å². The van der Waals surface area contributed by atoms with Gasteiger partial charge in [-0.3, -0.25) is 33.4 Å². The fraction of sp³-hybridized carbons (Fsp3) is 0.453. The van der Waals surface area contributed by atoms with Crippen molar-refractivity contribution >= 4 is 80.9 Å². The Hall–Kier alpha value is -6.59. The Morgan fingerprint density at radius 3 is 1.46 bits per heavy atom. The number of imidazole rings is 2. The molecule has 0 unspecified atom stereocenters. The van der Waals surface area contributed by atoms with E-state index in [1.807, 2.05) is 187 Å². The molecular weight excluding hydrogens is 2120 g/mol. The van der Waals surface area contributed by atoms with Crippen LogP contribution in [0.3, 0.4) is 0 Å². The molecule has 117 heavy (non-hydrogen) atoms. The predicted molar refractivity (Wildman–Crippen MR) is 464 cm³/mol. The minimum absolute atomic E-state index is 0. The second-order valence-corrected chi connectivity index (χ2v) is 26.9. The Morgan fingerprint density at radius 1 is 0.573 bits per heavy atom. The zero-order valence-corrected chi connectivity index (χ0v) is 86.1. The quantitative estimate of drug-likeness (QED) is 0.0926. The third kappa shape index (κ3) is 48.5. The van der Waals surface area contributed by atoms with Crippen molar-refractivity contribution in [3.05, 3.63) is 220 Å². The van der Waals surface area contributed by atoms with Gasteiger partial charge in [0.05, 0.1) is 29.8 Å². The fourth-order valence-electron chi connectivity index (χ4n) is 10.9. The Labute approximate surface area is 802 Å². The number of nitrogens with one attached hydrogen (secondary N) is 5. The van der Waals surface area contributed by atoms with E-state index < -0.39 is 0 Å². The second-order valence-electron chi connectivity index (χ2n) is 26.9. The molecule has 15 rings (SSSR count). The summed E-state index contributed by atoms with van der Waals surface area (Å²) in [5.41, 5.74) is 6.02. The van der Waals surface area contributed by atoms with Gasteiger partial charge < -0.3 is 81.0 Å². The molecule has 631 valence electrons. The number of morpholine rings is 1. The van der Waals surface area contributed by atoms with E-state index in [2.05, 4.69) is 109 Å². The molecule has 5 saturated heterocycles. The van der Waals surface area contributed by atoms with Crippen molar-refractivity contribution in [3.63, 3.8) is 0 Å². The molecule has 3 radical (unpaired) electrons. The number of aryl methyl sites for hydroxylation is 3. The minimum atomic E-state index is -0.198. The van der Waals surface area contributed by atoms with E-state index in [1.54, 1.807) is 76.7 Å². The normalized spacial score (nSPS) is 14.3. The van der Waals surface area contributed by atoms with Crippen molar-refractivity contribution in [2.75, 3.05) is 159 Å². The molecule has 5 aromatic heterocycles. The maximum Gasteiger partial charge on any atom is 0.327 e. The zero-order chi connectivity index (χ0) is 83.7. The first-order valence-electron chi connectivity index (χ1n) is 39.0. The van der Waals surface area contributed by atoms with Crippen LogP contribution in [0.2, 0.25) is 0 Å². The molecule has 5 N–H and O–H groups in total. The molecule has 31 heteroatoms. The minimum Gasteiger partial charge on any atom is -0.662 e.